The van der Waals surface area contributed by atoms with E-state index in [1.807, 2.05) is 50.2 Å². The standard InChI is InChI=1S/C31H41NO5SSi/c1-6-36-30-22-21-29(33)28(32(30)38(34,35)25-19-17-24(2)18-20-25)23-37-39(31(3,4)5,26-13-9-7-10-14-26)27-15-11-8-12-16-27/h7-20,28-30,33H,6,21-23H2,1-5H3/t28-,29-,30+/m0/s1. The summed E-state index contributed by atoms with van der Waals surface area (Å²) in [4.78, 5) is 0.183. The van der Waals surface area contributed by atoms with Gasteiger partial charge in [-0.3, -0.25) is 0 Å². The summed E-state index contributed by atoms with van der Waals surface area (Å²) >= 11 is 0. The predicted molar refractivity (Wildman–Crippen MR) is 158 cm³/mol. The minimum absolute atomic E-state index is 0.0448. The summed E-state index contributed by atoms with van der Waals surface area (Å²) < 4.78 is 42.6. The molecule has 0 aromatic heterocycles. The van der Waals surface area contributed by atoms with E-state index in [4.69, 9.17) is 9.16 Å². The molecule has 3 atom stereocenters. The fraction of sp³-hybridized carbons (Fsp3) is 0.419. The number of hydrogen-bond donors (Lipinski definition) is 1. The highest BCUT2D eigenvalue weighted by Gasteiger charge is 2.52. The molecule has 3 aromatic rings. The van der Waals surface area contributed by atoms with Crippen molar-refractivity contribution >= 4 is 28.7 Å². The lowest BCUT2D eigenvalue weighted by molar-refractivity contribution is -0.0997. The van der Waals surface area contributed by atoms with E-state index < -0.39 is 36.7 Å². The monoisotopic (exact) mass is 567 g/mol. The number of aryl methyl sites for hydroxylation is 1. The van der Waals surface area contributed by atoms with E-state index in [0.717, 1.165) is 15.9 Å². The van der Waals surface area contributed by atoms with Crippen LogP contribution in [-0.2, 0) is 19.2 Å². The Morgan fingerprint density at radius 2 is 1.44 bits per heavy atom. The first-order chi connectivity index (χ1) is 18.5. The molecule has 4 rings (SSSR count). The maximum atomic E-state index is 14.1. The summed E-state index contributed by atoms with van der Waals surface area (Å²) in [5.74, 6) is 0. The fourth-order valence-corrected chi connectivity index (χ4v) is 12.0. The van der Waals surface area contributed by atoms with Gasteiger partial charge in [0.25, 0.3) is 8.32 Å². The molecule has 8 heteroatoms. The highest BCUT2D eigenvalue weighted by Crippen LogP contribution is 2.38. The molecule has 0 spiro atoms. The number of sulfonamides is 1. The third-order valence-electron chi connectivity index (χ3n) is 7.61. The topological polar surface area (TPSA) is 76.1 Å². The Morgan fingerprint density at radius 1 is 0.897 bits per heavy atom. The van der Waals surface area contributed by atoms with Crippen LogP contribution in [0, 0.1) is 6.92 Å². The van der Waals surface area contributed by atoms with Crippen molar-refractivity contribution in [2.75, 3.05) is 13.2 Å². The third kappa shape index (κ3) is 5.92. The zero-order valence-electron chi connectivity index (χ0n) is 23.6. The van der Waals surface area contributed by atoms with E-state index in [9.17, 15) is 13.5 Å². The van der Waals surface area contributed by atoms with Gasteiger partial charge >= 0.3 is 0 Å². The zero-order valence-corrected chi connectivity index (χ0v) is 25.4. The number of rotatable bonds is 9. The van der Waals surface area contributed by atoms with Gasteiger partial charge in [0.05, 0.1) is 23.6 Å². The SMILES string of the molecule is CCO[C@@H]1CC[C@H](O)[C@H](CO[Si](c2ccccc2)(c2ccccc2)C(C)(C)C)N1S(=O)(=O)c1ccc(C)cc1. The summed E-state index contributed by atoms with van der Waals surface area (Å²) in [7, 11) is -6.93. The summed E-state index contributed by atoms with van der Waals surface area (Å²) in [6.45, 7) is 10.7. The fourth-order valence-electron chi connectivity index (χ4n) is 5.69. The van der Waals surface area contributed by atoms with Gasteiger partial charge in [0.15, 0.2) is 0 Å². The molecular weight excluding hydrogens is 526 g/mol. The van der Waals surface area contributed by atoms with Gasteiger partial charge in [-0.1, -0.05) is 99.1 Å². The van der Waals surface area contributed by atoms with E-state index in [1.54, 1.807) is 24.3 Å². The Balaban J connectivity index is 1.81. The molecule has 0 bridgehead atoms. The van der Waals surface area contributed by atoms with Crippen LogP contribution < -0.4 is 10.4 Å². The average Bonchev–Trinajstić information content (AvgIpc) is 2.91. The maximum absolute atomic E-state index is 14.1. The van der Waals surface area contributed by atoms with Crippen molar-refractivity contribution in [1.29, 1.82) is 0 Å². The van der Waals surface area contributed by atoms with Crippen LogP contribution in [0.25, 0.3) is 0 Å². The van der Waals surface area contributed by atoms with E-state index >= 15 is 0 Å². The molecule has 1 fully saturated rings. The van der Waals surface area contributed by atoms with Gasteiger partial charge < -0.3 is 14.3 Å². The molecule has 3 aromatic carbocycles. The van der Waals surface area contributed by atoms with E-state index in [2.05, 4.69) is 45.0 Å². The van der Waals surface area contributed by atoms with Crippen LogP contribution in [0.4, 0.5) is 0 Å². The maximum Gasteiger partial charge on any atom is 0.261 e. The third-order valence-corrected chi connectivity index (χ3v) is 14.5. The number of aliphatic hydroxyl groups excluding tert-OH is 1. The van der Waals surface area contributed by atoms with Gasteiger partial charge in [-0.25, -0.2) is 8.42 Å². The van der Waals surface area contributed by atoms with Crippen molar-refractivity contribution in [3.8, 4) is 0 Å². The second-order valence-electron chi connectivity index (χ2n) is 11.2. The van der Waals surface area contributed by atoms with Crippen LogP contribution in [0.2, 0.25) is 5.04 Å². The summed E-state index contributed by atoms with van der Waals surface area (Å²) in [5.41, 5.74) is 0.973. The first-order valence-electron chi connectivity index (χ1n) is 13.7. The molecule has 6 nitrogen and oxygen atoms in total. The lowest BCUT2D eigenvalue weighted by atomic mass is 10.0. The van der Waals surface area contributed by atoms with Crippen molar-refractivity contribution < 1.29 is 22.7 Å². The van der Waals surface area contributed by atoms with Crippen molar-refractivity contribution in [3.63, 3.8) is 0 Å². The Morgan fingerprint density at radius 3 is 1.92 bits per heavy atom. The van der Waals surface area contributed by atoms with Gasteiger partial charge in [-0.05, 0) is 54.2 Å². The van der Waals surface area contributed by atoms with Crippen LogP contribution in [-0.4, -0.2) is 57.7 Å². The van der Waals surface area contributed by atoms with Crippen LogP contribution in [0.5, 0.6) is 0 Å². The van der Waals surface area contributed by atoms with E-state index in [-0.39, 0.29) is 16.5 Å². The number of piperidine rings is 1. The predicted octanol–water partition coefficient (Wildman–Crippen LogP) is 4.45. The van der Waals surface area contributed by atoms with Crippen LogP contribution in [0.1, 0.15) is 46.1 Å². The highest BCUT2D eigenvalue weighted by molar-refractivity contribution is 7.89. The van der Waals surface area contributed by atoms with E-state index in [1.165, 1.54) is 4.31 Å². The molecule has 1 heterocycles. The van der Waals surface area contributed by atoms with Gasteiger partial charge in [0, 0.05) is 6.61 Å². The quantitative estimate of drug-likeness (QED) is 0.387. The highest BCUT2D eigenvalue weighted by atomic mass is 32.2. The minimum Gasteiger partial charge on any atom is -0.406 e. The molecule has 39 heavy (non-hydrogen) atoms. The molecule has 0 aliphatic carbocycles. The van der Waals surface area contributed by atoms with Crippen molar-refractivity contribution in [2.45, 2.75) is 75.8 Å². The second-order valence-corrected chi connectivity index (χ2v) is 17.4. The van der Waals surface area contributed by atoms with Gasteiger partial charge in [-0.2, -0.15) is 4.31 Å². The number of nitrogens with zero attached hydrogens (tertiary/aromatic N) is 1. The lowest BCUT2D eigenvalue weighted by Crippen LogP contribution is -2.68. The largest absolute Gasteiger partial charge is 0.406 e. The first-order valence-corrected chi connectivity index (χ1v) is 17.0. The molecule has 210 valence electrons. The molecule has 0 saturated carbocycles. The Labute approximate surface area is 234 Å². The average molecular weight is 568 g/mol. The molecule has 1 saturated heterocycles. The Kier molecular flexibility index (Phi) is 9.15. The van der Waals surface area contributed by atoms with Crippen LogP contribution >= 0.6 is 0 Å². The van der Waals surface area contributed by atoms with Crippen LogP contribution in [0.15, 0.2) is 89.8 Å². The first kappa shape index (κ1) is 29.6. The molecule has 0 amide bonds. The Bertz CT molecular complexity index is 1270. The van der Waals surface area contributed by atoms with Crippen molar-refractivity contribution in [1.82, 2.24) is 4.31 Å². The van der Waals surface area contributed by atoms with Crippen LogP contribution in [0.3, 0.4) is 0 Å². The summed E-state index contributed by atoms with van der Waals surface area (Å²) in [6, 6.07) is 26.5. The van der Waals surface area contributed by atoms with Gasteiger partial charge in [0.2, 0.25) is 10.0 Å². The molecule has 1 aliphatic rings. The van der Waals surface area contributed by atoms with E-state index in [0.29, 0.717) is 19.4 Å². The number of benzene rings is 3. The normalized spacial score (nSPS) is 21.1. The number of aliphatic hydroxyl groups is 1. The lowest BCUT2D eigenvalue weighted by Gasteiger charge is -2.47. The molecular formula is C31H41NO5SSi. The van der Waals surface area contributed by atoms with Crippen molar-refractivity contribution in [3.05, 3.63) is 90.5 Å². The summed E-state index contributed by atoms with van der Waals surface area (Å²) in [5, 5.41) is 13.2. The second kappa shape index (κ2) is 12.0. The van der Waals surface area contributed by atoms with Gasteiger partial charge in [0.1, 0.15) is 6.23 Å². The van der Waals surface area contributed by atoms with Crippen molar-refractivity contribution in [2.24, 2.45) is 0 Å². The molecule has 0 unspecified atom stereocenters. The summed E-state index contributed by atoms with van der Waals surface area (Å²) in [6.07, 6.45) is -0.729. The molecule has 1 N–H and O–H groups in total. The minimum atomic E-state index is -3.98. The van der Waals surface area contributed by atoms with Gasteiger partial charge in [-0.15, -0.1) is 0 Å². The smallest absolute Gasteiger partial charge is 0.261 e. The number of hydrogen-bond acceptors (Lipinski definition) is 5. The number of ether oxygens (including phenoxy) is 1. The zero-order chi connectivity index (χ0) is 28.3. The molecule has 1 aliphatic heterocycles. The Hall–Kier alpha value is -2.33. The molecule has 0 radical (unpaired) electrons.